The van der Waals surface area contributed by atoms with E-state index in [9.17, 15) is 0 Å². The van der Waals surface area contributed by atoms with E-state index in [0.717, 1.165) is 36.2 Å². The first-order valence-electron chi connectivity index (χ1n) is 18.7. The molecular weight excluding hydrogens is 593 g/mol. The van der Waals surface area contributed by atoms with Gasteiger partial charge in [-0.15, -0.1) is 5.92 Å². The van der Waals surface area contributed by atoms with Crippen molar-refractivity contribution in [3.63, 3.8) is 0 Å². The molecule has 4 aromatic rings. The van der Waals surface area contributed by atoms with Crippen LogP contribution in [-0.2, 0) is 6.42 Å². The Morgan fingerprint density at radius 1 is 0.408 bits per heavy atom. The molecule has 4 N–H and O–H groups in total. The number of benzene rings is 4. The molecule has 0 radical (unpaired) electrons. The van der Waals surface area contributed by atoms with E-state index in [1.165, 1.54) is 16.7 Å². The highest BCUT2D eigenvalue weighted by Crippen LogP contribution is 2.10. The Kier molecular flexibility index (Phi) is 62.4. The molecule has 0 spiro atoms. The lowest BCUT2D eigenvalue weighted by molar-refractivity contribution is 1.14. The fraction of sp³-hybridized carbons (Fsp3) is 0.404. The Balaban J connectivity index is -0.000000129. The Morgan fingerprint density at radius 2 is 0.694 bits per heavy atom. The average Bonchev–Trinajstić information content (AvgIpc) is 3.19. The maximum Gasteiger partial charge on any atom is 0.0249 e. The van der Waals surface area contributed by atoms with Crippen molar-refractivity contribution in [2.24, 2.45) is 11.5 Å². The summed E-state index contributed by atoms with van der Waals surface area (Å²) in [5.74, 6) is 12.2. The predicted molar refractivity (Wildman–Crippen MR) is 229 cm³/mol. The number of hydrogen-bond donors (Lipinski definition) is 2. The van der Waals surface area contributed by atoms with Gasteiger partial charge in [-0.2, -0.15) is 0 Å². The minimum Gasteiger partial charge on any atom is -0.331 e. The minimum atomic E-state index is 0.750. The summed E-state index contributed by atoms with van der Waals surface area (Å²) in [6.45, 7) is 33.2. The van der Waals surface area contributed by atoms with Crippen LogP contribution in [0.4, 0.5) is 0 Å². The van der Waals surface area contributed by atoms with Gasteiger partial charge < -0.3 is 11.5 Å². The molecule has 0 aliphatic rings. The molecule has 2 nitrogen and oxygen atoms in total. The van der Waals surface area contributed by atoms with Crippen molar-refractivity contribution in [2.45, 2.75) is 117 Å². The van der Waals surface area contributed by atoms with Crippen molar-refractivity contribution in [3.8, 4) is 23.7 Å². The van der Waals surface area contributed by atoms with Crippen LogP contribution in [0.1, 0.15) is 137 Å². The number of hydrogen-bond acceptors (Lipinski definition) is 2. The average molecular weight is 669 g/mol. The van der Waals surface area contributed by atoms with Crippen LogP contribution in [0.3, 0.4) is 0 Å². The fourth-order valence-corrected chi connectivity index (χ4v) is 2.98. The highest BCUT2D eigenvalue weighted by molar-refractivity contribution is 5.43. The lowest BCUT2D eigenvalue weighted by atomic mass is 10.0. The Bertz CT molecular complexity index is 1220. The van der Waals surface area contributed by atoms with Crippen molar-refractivity contribution >= 4 is 0 Å². The lowest BCUT2D eigenvalue weighted by Crippen LogP contribution is -1.87. The van der Waals surface area contributed by atoms with Crippen LogP contribution in [0.2, 0.25) is 0 Å². The van der Waals surface area contributed by atoms with Crippen molar-refractivity contribution in [1.82, 2.24) is 0 Å². The van der Waals surface area contributed by atoms with E-state index in [-0.39, 0.29) is 0 Å². The first-order valence-corrected chi connectivity index (χ1v) is 18.7. The molecule has 0 saturated carbocycles. The largest absolute Gasteiger partial charge is 0.331 e. The maximum atomic E-state index is 4.85. The van der Waals surface area contributed by atoms with E-state index >= 15 is 0 Å². The van der Waals surface area contributed by atoms with Crippen LogP contribution in [0.15, 0.2) is 109 Å². The van der Waals surface area contributed by atoms with Crippen LogP contribution in [0, 0.1) is 30.6 Å². The zero-order valence-electron chi connectivity index (χ0n) is 34.7. The Hall–Kier alpha value is -4.08. The first kappa shape index (κ1) is 57.2. The summed E-state index contributed by atoms with van der Waals surface area (Å²) in [4.78, 5) is 0. The Labute approximate surface area is 307 Å². The van der Waals surface area contributed by atoms with E-state index < -0.39 is 0 Å². The zero-order chi connectivity index (χ0) is 39.1. The second-order valence-corrected chi connectivity index (χ2v) is 8.03. The van der Waals surface area contributed by atoms with Gasteiger partial charge in [0.1, 0.15) is 0 Å². The quantitative estimate of drug-likeness (QED) is 0.209. The third kappa shape index (κ3) is 40.0. The van der Waals surface area contributed by atoms with Crippen molar-refractivity contribution in [3.05, 3.63) is 143 Å². The van der Waals surface area contributed by atoms with Gasteiger partial charge in [-0.05, 0) is 80.9 Å². The molecule has 4 aromatic carbocycles. The van der Waals surface area contributed by atoms with E-state index in [1.54, 1.807) is 0 Å². The maximum absolute atomic E-state index is 4.85. The van der Waals surface area contributed by atoms with Gasteiger partial charge >= 0.3 is 0 Å². The van der Waals surface area contributed by atoms with Crippen molar-refractivity contribution < 1.29 is 0 Å². The molecule has 0 atom stereocenters. The third-order valence-corrected chi connectivity index (χ3v) is 4.65. The number of aryl methyl sites for hydroxylation is 1. The van der Waals surface area contributed by atoms with E-state index in [4.69, 9.17) is 11.5 Å². The van der Waals surface area contributed by atoms with E-state index in [1.807, 2.05) is 152 Å². The normalized spacial score (nSPS) is 7.31. The van der Waals surface area contributed by atoms with Crippen LogP contribution in [0.25, 0.3) is 0 Å². The molecule has 0 aliphatic carbocycles. The predicted octanol–water partition coefficient (Wildman–Crippen LogP) is 13.1. The third-order valence-electron chi connectivity index (χ3n) is 4.65. The molecule has 0 fully saturated rings. The second-order valence-electron chi connectivity index (χ2n) is 8.03. The van der Waals surface area contributed by atoms with Crippen LogP contribution in [0.5, 0.6) is 0 Å². The molecule has 274 valence electrons. The molecule has 0 bridgehead atoms. The molecule has 0 amide bonds. The summed E-state index contributed by atoms with van der Waals surface area (Å²) in [6.07, 6.45) is 0.987. The monoisotopic (exact) mass is 669 g/mol. The molecule has 0 unspecified atom stereocenters. The first-order chi connectivity index (χ1) is 24.1. The van der Waals surface area contributed by atoms with Crippen molar-refractivity contribution in [1.29, 1.82) is 0 Å². The summed E-state index contributed by atoms with van der Waals surface area (Å²) >= 11 is 0. The van der Waals surface area contributed by atoms with Gasteiger partial charge in [0.15, 0.2) is 0 Å². The SMILES string of the molecule is CC.CC.CC.CC.CC.CC.CC#Cc1ccc(Cc2ccccc2)cc1.CCN.CCN.Cc1ccc(C#Cc2ccccc2)cc1. The molecule has 2 heteroatoms. The molecule has 0 aliphatic heterocycles. The fourth-order valence-electron chi connectivity index (χ4n) is 2.98. The van der Waals surface area contributed by atoms with E-state index in [2.05, 4.69) is 91.3 Å². The second kappa shape index (κ2) is 53.4. The summed E-state index contributed by atoms with van der Waals surface area (Å²) in [5, 5.41) is 0. The summed E-state index contributed by atoms with van der Waals surface area (Å²) in [6, 6.07) is 37.2. The molecule has 0 heterocycles. The summed E-state index contributed by atoms with van der Waals surface area (Å²) in [5.41, 5.74) is 16.8. The smallest absolute Gasteiger partial charge is 0.0249 e. The number of nitrogens with two attached hydrogens (primary N) is 2. The van der Waals surface area contributed by atoms with Gasteiger partial charge in [0.2, 0.25) is 0 Å². The van der Waals surface area contributed by atoms with Gasteiger partial charge in [0.05, 0.1) is 0 Å². The van der Waals surface area contributed by atoms with Gasteiger partial charge in [0, 0.05) is 16.7 Å². The molecule has 4 rings (SSSR count). The lowest BCUT2D eigenvalue weighted by Gasteiger charge is -2.01. The van der Waals surface area contributed by atoms with Gasteiger partial charge in [-0.25, -0.2) is 0 Å². The summed E-state index contributed by atoms with van der Waals surface area (Å²) < 4.78 is 0. The molecular formula is C47H76N2. The Morgan fingerprint density at radius 3 is 1.06 bits per heavy atom. The van der Waals surface area contributed by atoms with Crippen LogP contribution < -0.4 is 11.5 Å². The van der Waals surface area contributed by atoms with E-state index in [0.29, 0.717) is 0 Å². The van der Waals surface area contributed by atoms with Gasteiger partial charge in [-0.3, -0.25) is 0 Å². The minimum absolute atomic E-state index is 0.750. The summed E-state index contributed by atoms with van der Waals surface area (Å²) in [7, 11) is 0. The molecule has 0 aromatic heterocycles. The standard InChI is InChI=1S/C16H14.C15H12.2C2H7N.6C2H6/c1-2-6-14-9-11-16(12-10-14)13-15-7-4-3-5-8-15;1-13-7-9-15(10-8-13)12-11-14-5-3-2-4-6-14;2*1-2-3;6*1-2/h3-5,7-12H,13H2,1H3;2-10H,1H3;2*2-3H2,1H3;6*1-2H3. The highest BCUT2D eigenvalue weighted by Gasteiger charge is 1.95. The molecule has 49 heavy (non-hydrogen) atoms. The highest BCUT2D eigenvalue weighted by atomic mass is 14.5. The topological polar surface area (TPSA) is 52.0 Å². The number of rotatable bonds is 2. The van der Waals surface area contributed by atoms with Crippen LogP contribution in [-0.4, -0.2) is 13.1 Å². The molecule has 0 saturated heterocycles. The van der Waals surface area contributed by atoms with Crippen LogP contribution >= 0.6 is 0 Å². The zero-order valence-corrected chi connectivity index (χ0v) is 34.7. The van der Waals surface area contributed by atoms with Crippen molar-refractivity contribution in [2.75, 3.05) is 13.1 Å². The van der Waals surface area contributed by atoms with Gasteiger partial charge in [-0.1, -0.05) is 193 Å². The van der Waals surface area contributed by atoms with Gasteiger partial charge in [0.25, 0.3) is 0 Å².